The van der Waals surface area contributed by atoms with Crippen LogP contribution in [0.4, 0.5) is 0 Å². The van der Waals surface area contributed by atoms with Crippen LogP contribution in [-0.4, -0.2) is 11.9 Å². The Morgan fingerprint density at radius 3 is 2.75 bits per heavy atom. The van der Waals surface area contributed by atoms with Crippen LogP contribution in [0.15, 0.2) is 15.9 Å². The molecule has 2 atom stereocenters. The van der Waals surface area contributed by atoms with Gasteiger partial charge in [-0.3, -0.25) is 4.79 Å². The number of thiophene rings is 1. The molecule has 1 aromatic heterocycles. The maximum Gasteiger partial charge on any atom is 0.262 e. The molecule has 1 aromatic rings. The van der Waals surface area contributed by atoms with E-state index in [2.05, 4.69) is 42.0 Å². The lowest BCUT2D eigenvalue weighted by Gasteiger charge is -2.17. The Morgan fingerprint density at radius 1 is 1.56 bits per heavy atom. The molecule has 1 N–H and O–H groups in total. The summed E-state index contributed by atoms with van der Waals surface area (Å²) in [6, 6.07) is 2.13. The second-order valence-electron chi connectivity index (χ2n) is 4.22. The van der Waals surface area contributed by atoms with Crippen LogP contribution in [0.2, 0.25) is 0 Å². The lowest BCUT2D eigenvalue weighted by molar-refractivity contribution is 0.0939. The van der Waals surface area contributed by atoms with Gasteiger partial charge in [-0.1, -0.05) is 20.3 Å². The van der Waals surface area contributed by atoms with Crippen molar-refractivity contribution >= 4 is 33.2 Å². The predicted octanol–water partition coefficient (Wildman–Crippen LogP) is 4.07. The fourth-order valence-corrected chi connectivity index (χ4v) is 3.03. The van der Waals surface area contributed by atoms with Gasteiger partial charge in [-0.25, -0.2) is 0 Å². The molecule has 0 fully saturated rings. The van der Waals surface area contributed by atoms with Crippen LogP contribution in [0.1, 0.15) is 43.3 Å². The van der Waals surface area contributed by atoms with Gasteiger partial charge in [-0.05, 0) is 46.6 Å². The van der Waals surface area contributed by atoms with Crippen molar-refractivity contribution in [2.45, 2.75) is 39.7 Å². The fraction of sp³-hybridized carbons (Fsp3) is 0.583. The summed E-state index contributed by atoms with van der Waals surface area (Å²) in [5.74, 6) is 0.680. The van der Waals surface area contributed by atoms with Gasteiger partial charge >= 0.3 is 0 Å². The lowest BCUT2D eigenvalue weighted by atomic mass is 10.0. The van der Waals surface area contributed by atoms with Gasteiger partial charge in [0.25, 0.3) is 5.91 Å². The third-order valence-corrected chi connectivity index (χ3v) is 4.49. The Balaban J connectivity index is 2.49. The van der Waals surface area contributed by atoms with E-state index in [1.807, 2.05) is 11.4 Å². The minimum atomic E-state index is 0.0256. The summed E-state index contributed by atoms with van der Waals surface area (Å²) < 4.78 is 0.880. The number of carbonyl (C=O) groups excluding carboxylic acids is 1. The number of hydrogen-bond acceptors (Lipinski definition) is 2. The van der Waals surface area contributed by atoms with E-state index in [9.17, 15) is 4.79 Å². The van der Waals surface area contributed by atoms with Gasteiger partial charge in [0, 0.05) is 10.5 Å². The minimum absolute atomic E-state index is 0.0256. The van der Waals surface area contributed by atoms with E-state index in [0.717, 1.165) is 22.2 Å². The first-order valence-corrected chi connectivity index (χ1v) is 7.25. The van der Waals surface area contributed by atoms with Gasteiger partial charge in [0.1, 0.15) is 4.88 Å². The molecule has 1 amide bonds. The highest BCUT2D eigenvalue weighted by Crippen LogP contribution is 2.22. The molecule has 0 aliphatic rings. The number of carbonyl (C=O) groups is 1. The predicted molar refractivity (Wildman–Crippen MR) is 73.0 cm³/mol. The van der Waals surface area contributed by atoms with Gasteiger partial charge < -0.3 is 5.32 Å². The fourth-order valence-electron chi connectivity index (χ4n) is 1.57. The van der Waals surface area contributed by atoms with Crippen LogP contribution in [0, 0.1) is 5.92 Å². The van der Waals surface area contributed by atoms with E-state index in [1.165, 1.54) is 11.3 Å². The van der Waals surface area contributed by atoms with Crippen LogP contribution in [0.25, 0.3) is 0 Å². The largest absolute Gasteiger partial charge is 0.349 e. The van der Waals surface area contributed by atoms with E-state index in [1.54, 1.807) is 0 Å². The SMILES string of the molecule is CC[C@H](C)C[C@H](C)NC(=O)c1sccc1Br. The third kappa shape index (κ3) is 3.91. The first-order valence-electron chi connectivity index (χ1n) is 5.58. The van der Waals surface area contributed by atoms with Gasteiger partial charge in [0.2, 0.25) is 0 Å². The van der Waals surface area contributed by atoms with Gasteiger partial charge in [-0.15, -0.1) is 11.3 Å². The zero-order valence-corrected chi connectivity index (χ0v) is 12.3. The molecule has 0 aliphatic carbocycles. The number of nitrogens with one attached hydrogen (secondary N) is 1. The van der Waals surface area contributed by atoms with Crippen LogP contribution in [-0.2, 0) is 0 Å². The smallest absolute Gasteiger partial charge is 0.262 e. The average Bonchev–Trinajstić information content (AvgIpc) is 2.63. The molecule has 2 nitrogen and oxygen atoms in total. The normalized spacial score (nSPS) is 14.5. The van der Waals surface area contributed by atoms with Crippen molar-refractivity contribution in [1.29, 1.82) is 0 Å². The third-order valence-electron chi connectivity index (χ3n) is 2.65. The van der Waals surface area contributed by atoms with Crippen molar-refractivity contribution in [1.82, 2.24) is 5.32 Å². The molecule has 0 aliphatic heterocycles. The highest BCUT2D eigenvalue weighted by molar-refractivity contribution is 9.10. The summed E-state index contributed by atoms with van der Waals surface area (Å²) >= 11 is 4.84. The Bertz CT molecular complexity index is 351. The Labute approximate surface area is 110 Å². The van der Waals surface area contributed by atoms with Crippen LogP contribution >= 0.6 is 27.3 Å². The zero-order valence-electron chi connectivity index (χ0n) is 9.92. The van der Waals surface area contributed by atoms with Crippen LogP contribution in [0.5, 0.6) is 0 Å². The first-order chi connectivity index (χ1) is 7.54. The van der Waals surface area contributed by atoms with Crippen LogP contribution in [0.3, 0.4) is 0 Å². The maximum atomic E-state index is 11.9. The molecule has 0 saturated carbocycles. The number of halogens is 1. The van der Waals surface area contributed by atoms with Crippen molar-refractivity contribution in [3.8, 4) is 0 Å². The summed E-state index contributed by atoms with van der Waals surface area (Å²) in [7, 11) is 0. The second-order valence-corrected chi connectivity index (χ2v) is 5.99. The topological polar surface area (TPSA) is 29.1 Å². The van der Waals surface area contributed by atoms with Gasteiger partial charge in [-0.2, -0.15) is 0 Å². The monoisotopic (exact) mass is 303 g/mol. The van der Waals surface area contributed by atoms with E-state index >= 15 is 0 Å². The van der Waals surface area contributed by atoms with E-state index in [-0.39, 0.29) is 11.9 Å². The minimum Gasteiger partial charge on any atom is -0.349 e. The molecular weight excluding hydrogens is 286 g/mol. The van der Waals surface area contributed by atoms with E-state index in [0.29, 0.717) is 5.92 Å². The van der Waals surface area contributed by atoms with Gasteiger partial charge in [0.05, 0.1) is 0 Å². The number of hydrogen-bond donors (Lipinski definition) is 1. The maximum absolute atomic E-state index is 11.9. The molecule has 4 heteroatoms. The van der Waals surface area contributed by atoms with Gasteiger partial charge in [0.15, 0.2) is 0 Å². The highest BCUT2D eigenvalue weighted by atomic mass is 79.9. The van der Waals surface area contributed by atoms with E-state index < -0.39 is 0 Å². The standard InChI is InChI=1S/C12H18BrNOS/c1-4-8(2)7-9(3)14-12(15)11-10(13)5-6-16-11/h5-6,8-9H,4,7H2,1-3H3,(H,14,15)/t8-,9-/m0/s1. The molecule has 0 unspecified atom stereocenters. The second kappa shape index (κ2) is 6.40. The summed E-state index contributed by atoms with van der Waals surface area (Å²) in [5, 5.41) is 4.94. The molecule has 0 aromatic carbocycles. The van der Waals surface area contributed by atoms with Crippen molar-refractivity contribution in [3.63, 3.8) is 0 Å². The van der Waals surface area contributed by atoms with Crippen molar-refractivity contribution < 1.29 is 4.79 Å². The summed E-state index contributed by atoms with van der Waals surface area (Å²) in [6.07, 6.45) is 2.19. The number of rotatable bonds is 5. The Hall–Kier alpha value is -0.350. The first kappa shape index (κ1) is 13.7. The molecule has 16 heavy (non-hydrogen) atoms. The summed E-state index contributed by atoms with van der Waals surface area (Å²) in [5.41, 5.74) is 0. The average molecular weight is 304 g/mol. The molecule has 90 valence electrons. The van der Waals surface area contributed by atoms with Crippen LogP contribution < -0.4 is 5.32 Å². The Morgan fingerprint density at radius 2 is 2.25 bits per heavy atom. The molecule has 0 spiro atoms. The molecule has 0 radical (unpaired) electrons. The summed E-state index contributed by atoms with van der Waals surface area (Å²) in [6.45, 7) is 6.45. The lowest BCUT2D eigenvalue weighted by Crippen LogP contribution is -2.33. The quantitative estimate of drug-likeness (QED) is 0.873. The van der Waals surface area contributed by atoms with Crippen molar-refractivity contribution in [2.24, 2.45) is 5.92 Å². The molecule has 0 saturated heterocycles. The highest BCUT2D eigenvalue weighted by Gasteiger charge is 2.15. The molecule has 0 bridgehead atoms. The van der Waals surface area contributed by atoms with E-state index in [4.69, 9.17) is 0 Å². The molecular formula is C12H18BrNOS. The zero-order chi connectivity index (χ0) is 12.1. The van der Waals surface area contributed by atoms with Crippen molar-refractivity contribution in [2.75, 3.05) is 0 Å². The Kier molecular flexibility index (Phi) is 5.49. The molecule has 1 heterocycles. The van der Waals surface area contributed by atoms with Crippen molar-refractivity contribution in [3.05, 3.63) is 20.8 Å². The molecule has 1 rings (SSSR count). The number of amides is 1. The summed E-state index contributed by atoms with van der Waals surface area (Å²) in [4.78, 5) is 12.6.